The van der Waals surface area contributed by atoms with Crippen molar-refractivity contribution >= 4 is 0 Å². The van der Waals surface area contributed by atoms with Crippen molar-refractivity contribution in [3.8, 4) is 0 Å². The van der Waals surface area contributed by atoms with Gasteiger partial charge in [0, 0.05) is 26.2 Å². The first-order valence-corrected chi connectivity index (χ1v) is 8.43. The molecule has 2 N–H and O–H groups in total. The minimum absolute atomic E-state index is 0.876. The van der Waals surface area contributed by atoms with E-state index in [-0.39, 0.29) is 0 Å². The summed E-state index contributed by atoms with van der Waals surface area (Å²) in [5, 5.41) is 7.04. The molecule has 0 amide bonds. The molecule has 1 aliphatic rings. The van der Waals surface area contributed by atoms with Crippen LogP contribution in [0.2, 0.25) is 0 Å². The van der Waals surface area contributed by atoms with Crippen molar-refractivity contribution in [3.05, 3.63) is 0 Å². The van der Waals surface area contributed by atoms with Gasteiger partial charge in [-0.05, 0) is 38.4 Å². The normalized spacial score (nSPS) is 17.8. The van der Waals surface area contributed by atoms with E-state index in [0.29, 0.717) is 0 Å². The van der Waals surface area contributed by atoms with Gasteiger partial charge in [-0.3, -0.25) is 0 Å². The van der Waals surface area contributed by atoms with Crippen LogP contribution < -0.4 is 10.6 Å². The van der Waals surface area contributed by atoms with Crippen molar-refractivity contribution in [1.29, 1.82) is 0 Å². The van der Waals surface area contributed by atoms with Crippen LogP contribution in [0, 0.1) is 5.92 Å². The maximum Gasteiger partial charge on any atom is 0.0107 e. The predicted octanol–water partition coefficient (Wildman–Crippen LogP) is 2.48. The highest BCUT2D eigenvalue weighted by Gasteiger charge is 2.06. The van der Waals surface area contributed by atoms with E-state index >= 15 is 0 Å². The van der Waals surface area contributed by atoms with Crippen LogP contribution in [-0.2, 0) is 0 Å². The molecule has 1 aliphatic heterocycles. The molecule has 1 heterocycles. The minimum atomic E-state index is 0.876. The van der Waals surface area contributed by atoms with Crippen molar-refractivity contribution < 1.29 is 0 Å². The van der Waals surface area contributed by atoms with Gasteiger partial charge in [0.15, 0.2) is 0 Å². The maximum absolute atomic E-state index is 3.59. The second-order valence-corrected chi connectivity index (χ2v) is 6.29. The van der Waals surface area contributed by atoms with Crippen LogP contribution >= 0.6 is 0 Å². The van der Waals surface area contributed by atoms with Crippen LogP contribution in [0.3, 0.4) is 0 Å². The van der Waals surface area contributed by atoms with Crippen LogP contribution in [-0.4, -0.2) is 50.7 Å². The molecule has 3 heteroatoms. The highest BCUT2D eigenvalue weighted by molar-refractivity contribution is 4.66. The van der Waals surface area contributed by atoms with E-state index in [4.69, 9.17) is 0 Å². The van der Waals surface area contributed by atoms with Crippen LogP contribution in [0.5, 0.6) is 0 Å². The second-order valence-electron chi connectivity index (χ2n) is 6.29. The molecular weight excluding hydrogens is 234 g/mol. The zero-order chi connectivity index (χ0) is 13.8. The van der Waals surface area contributed by atoms with Crippen molar-refractivity contribution in [3.63, 3.8) is 0 Å². The monoisotopic (exact) mass is 269 g/mol. The first kappa shape index (κ1) is 16.9. The lowest BCUT2D eigenvalue weighted by Crippen LogP contribution is -2.34. The lowest BCUT2D eigenvalue weighted by Gasteiger charge is -2.19. The van der Waals surface area contributed by atoms with Gasteiger partial charge in [-0.2, -0.15) is 0 Å². The summed E-state index contributed by atoms with van der Waals surface area (Å²) < 4.78 is 0. The summed E-state index contributed by atoms with van der Waals surface area (Å²) in [5.41, 5.74) is 0. The van der Waals surface area contributed by atoms with Gasteiger partial charge in [-0.1, -0.05) is 39.5 Å². The van der Waals surface area contributed by atoms with Crippen molar-refractivity contribution in [2.75, 3.05) is 45.8 Å². The van der Waals surface area contributed by atoms with Crippen LogP contribution in [0.25, 0.3) is 0 Å². The number of nitrogens with zero attached hydrogens (tertiary/aromatic N) is 1. The summed E-state index contributed by atoms with van der Waals surface area (Å²) in [4.78, 5) is 2.58. The summed E-state index contributed by atoms with van der Waals surface area (Å²) in [6, 6.07) is 0. The topological polar surface area (TPSA) is 27.3 Å². The number of unbranched alkanes of at least 4 members (excludes halogenated alkanes) is 3. The first-order chi connectivity index (χ1) is 9.29. The van der Waals surface area contributed by atoms with Gasteiger partial charge in [-0.15, -0.1) is 0 Å². The van der Waals surface area contributed by atoms with Gasteiger partial charge in [-0.25, -0.2) is 0 Å². The van der Waals surface area contributed by atoms with Crippen LogP contribution in [0.4, 0.5) is 0 Å². The molecule has 1 saturated heterocycles. The van der Waals surface area contributed by atoms with Gasteiger partial charge in [0.1, 0.15) is 0 Å². The Balaban J connectivity index is 1.80. The molecule has 0 bridgehead atoms. The summed E-state index contributed by atoms with van der Waals surface area (Å²) in [7, 11) is 0. The van der Waals surface area contributed by atoms with Gasteiger partial charge >= 0.3 is 0 Å². The quantitative estimate of drug-likeness (QED) is 0.597. The lowest BCUT2D eigenvalue weighted by atomic mass is 10.0. The molecule has 114 valence electrons. The zero-order valence-electron chi connectivity index (χ0n) is 13.2. The molecule has 0 unspecified atom stereocenters. The Labute approximate surface area is 120 Å². The van der Waals surface area contributed by atoms with Gasteiger partial charge < -0.3 is 15.5 Å². The Morgan fingerprint density at radius 1 is 1.00 bits per heavy atom. The van der Waals surface area contributed by atoms with Gasteiger partial charge in [0.25, 0.3) is 0 Å². The first-order valence-electron chi connectivity index (χ1n) is 8.43. The molecule has 0 spiro atoms. The molecule has 1 fully saturated rings. The molecule has 0 aromatic carbocycles. The third-order valence-corrected chi connectivity index (χ3v) is 3.92. The minimum Gasteiger partial charge on any atom is -0.315 e. The Morgan fingerprint density at radius 2 is 1.84 bits per heavy atom. The van der Waals surface area contributed by atoms with Crippen LogP contribution in [0.1, 0.15) is 52.4 Å². The Hall–Kier alpha value is -0.120. The molecule has 19 heavy (non-hydrogen) atoms. The average molecular weight is 269 g/mol. The molecule has 0 atom stereocenters. The Kier molecular flexibility index (Phi) is 10.4. The maximum atomic E-state index is 3.59. The Morgan fingerprint density at radius 3 is 2.68 bits per heavy atom. The summed E-state index contributed by atoms with van der Waals surface area (Å²) >= 11 is 0. The number of rotatable bonds is 10. The summed E-state index contributed by atoms with van der Waals surface area (Å²) in [5.74, 6) is 0.876. The zero-order valence-corrected chi connectivity index (χ0v) is 13.2. The van der Waals surface area contributed by atoms with Gasteiger partial charge in [0.2, 0.25) is 0 Å². The molecule has 0 aliphatic carbocycles. The van der Waals surface area contributed by atoms with Crippen molar-refractivity contribution in [2.45, 2.75) is 52.4 Å². The molecule has 0 saturated carbocycles. The van der Waals surface area contributed by atoms with E-state index in [9.17, 15) is 0 Å². The van der Waals surface area contributed by atoms with E-state index in [1.54, 1.807) is 0 Å². The highest BCUT2D eigenvalue weighted by Crippen LogP contribution is 2.08. The van der Waals surface area contributed by atoms with Crippen LogP contribution in [0.15, 0.2) is 0 Å². The van der Waals surface area contributed by atoms with E-state index < -0.39 is 0 Å². The average Bonchev–Trinajstić information content (AvgIpc) is 2.65. The fourth-order valence-electron chi connectivity index (χ4n) is 2.64. The van der Waals surface area contributed by atoms with Crippen molar-refractivity contribution in [2.24, 2.45) is 5.92 Å². The summed E-state index contributed by atoms with van der Waals surface area (Å²) in [6.45, 7) is 13.1. The molecular formula is C16H35N3. The molecule has 0 aromatic heterocycles. The molecule has 3 nitrogen and oxygen atoms in total. The second kappa shape index (κ2) is 11.7. The fraction of sp³-hybridized carbons (Fsp3) is 1.00. The van der Waals surface area contributed by atoms with E-state index in [1.807, 2.05) is 0 Å². The largest absolute Gasteiger partial charge is 0.315 e. The van der Waals surface area contributed by atoms with E-state index in [0.717, 1.165) is 19.0 Å². The third-order valence-electron chi connectivity index (χ3n) is 3.92. The van der Waals surface area contributed by atoms with E-state index in [2.05, 4.69) is 29.4 Å². The smallest absolute Gasteiger partial charge is 0.0107 e. The molecule has 0 radical (unpaired) electrons. The highest BCUT2D eigenvalue weighted by atomic mass is 15.2. The van der Waals surface area contributed by atoms with E-state index in [1.165, 1.54) is 71.2 Å². The lowest BCUT2D eigenvalue weighted by molar-refractivity contribution is 0.291. The summed E-state index contributed by atoms with van der Waals surface area (Å²) in [6.07, 6.45) is 8.27. The number of hydrogen-bond donors (Lipinski definition) is 2. The molecule has 1 rings (SSSR count). The molecule has 0 aromatic rings. The Bertz CT molecular complexity index is 186. The fourth-order valence-corrected chi connectivity index (χ4v) is 2.64. The number of hydrogen-bond acceptors (Lipinski definition) is 3. The van der Waals surface area contributed by atoms with Crippen molar-refractivity contribution in [1.82, 2.24) is 15.5 Å². The SMILES string of the molecule is CC(C)CCCCCCNCCN1CCCNCC1. The third kappa shape index (κ3) is 10.3. The predicted molar refractivity (Wildman–Crippen MR) is 84.7 cm³/mol. The number of nitrogens with one attached hydrogen (secondary N) is 2. The van der Waals surface area contributed by atoms with Gasteiger partial charge in [0.05, 0.1) is 0 Å². The standard InChI is InChI=1S/C16H35N3/c1-16(2)8-5-3-4-6-9-17-11-14-19-13-7-10-18-12-15-19/h16-18H,3-15H2,1-2H3.